The number of ketones is 1. The minimum absolute atomic E-state index is 0. The van der Waals surface area contributed by atoms with Crippen LogP contribution in [-0.4, -0.2) is 15.9 Å². The molecule has 0 fully saturated rings. The van der Waals surface area contributed by atoms with Crippen molar-refractivity contribution in [3.8, 4) is 22.6 Å². The minimum Gasteiger partial charge on any atom is -0.512 e. The Bertz CT molecular complexity index is 2290. The van der Waals surface area contributed by atoms with E-state index in [0.717, 1.165) is 71.0 Å². The number of aliphatic hydroxyl groups excluding tert-OH is 1. The van der Waals surface area contributed by atoms with Gasteiger partial charge in [0.1, 0.15) is 17.1 Å². The Kier molecular flexibility index (Phi) is 14.2. The average Bonchev–Trinajstić information content (AvgIpc) is 3.73. The summed E-state index contributed by atoms with van der Waals surface area (Å²) < 4.78 is 7.87. The van der Waals surface area contributed by atoms with E-state index in [1.54, 1.807) is 0 Å². The van der Waals surface area contributed by atoms with Crippen LogP contribution in [0.1, 0.15) is 118 Å². The molecule has 55 heavy (non-hydrogen) atoms. The topological polar surface area (TPSA) is 63.3 Å². The first-order valence-corrected chi connectivity index (χ1v) is 20.6. The third kappa shape index (κ3) is 9.36. The molecule has 295 valence electrons. The van der Waals surface area contributed by atoms with Crippen LogP contribution in [0.3, 0.4) is 0 Å². The van der Waals surface area contributed by atoms with Crippen molar-refractivity contribution in [2.45, 2.75) is 121 Å². The quantitative estimate of drug-likeness (QED) is 0.0799. The number of carbonyl (C=O) groups excluding carboxylic acids is 1. The Balaban J connectivity index is 0.000000320. The van der Waals surface area contributed by atoms with Gasteiger partial charge in [-0.3, -0.25) is 9.78 Å². The summed E-state index contributed by atoms with van der Waals surface area (Å²) in [7, 11) is 0. The van der Waals surface area contributed by atoms with Crippen molar-refractivity contribution in [1.29, 1.82) is 0 Å². The fraction of sp³-hybridized carbons (Fsp3) is 0.429. The summed E-state index contributed by atoms with van der Waals surface area (Å²) in [4.78, 5) is 18.4. The molecule has 6 aromatic rings. The summed E-state index contributed by atoms with van der Waals surface area (Å²) >= 11 is 1.88. The van der Waals surface area contributed by atoms with Gasteiger partial charge in [0.15, 0.2) is 5.78 Å². The van der Waals surface area contributed by atoms with Crippen LogP contribution >= 0.6 is 11.3 Å². The van der Waals surface area contributed by atoms with E-state index >= 15 is 0 Å². The Morgan fingerprint density at radius 2 is 1.55 bits per heavy atom. The summed E-state index contributed by atoms with van der Waals surface area (Å²) in [6.45, 7) is 25.7. The van der Waals surface area contributed by atoms with Gasteiger partial charge < -0.3 is 9.52 Å². The van der Waals surface area contributed by atoms with E-state index in [1.807, 2.05) is 65.1 Å². The minimum atomic E-state index is -0.337. The molecule has 0 atom stereocenters. The van der Waals surface area contributed by atoms with E-state index in [9.17, 15) is 9.90 Å². The van der Waals surface area contributed by atoms with Crippen LogP contribution in [-0.2, 0) is 36.7 Å². The number of fused-ring (bicyclic) bond motifs is 3. The van der Waals surface area contributed by atoms with Crippen LogP contribution in [0.5, 0.6) is 0 Å². The third-order valence-corrected chi connectivity index (χ3v) is 12.9. The number of carbonyl (C=O) groups is 1. The van der Waals surface area contributed by atoms with Gasteiger partial charge in [-0.25, -0.2) is 0 Å². The van der Waals surface area contributed by atoms with Gasteiger partial charge in [0.25, 0.3) is 0 Å². The number of aryl methyl sites for hydroxylation is 1. The summed E-state index contributed by atoms with van der Waals surface area (Å²) in [5, 5.41) is 14.9. The maximum atomic E-state index is 12.2. The summed E-state index contributed by atoms with van der Waals surface area (Å²) in [6, 6.07) is 25.3. The maximum Gasteiger partial charge on any atom is 0.164 e. The van der Waals surface area contributed by atoms with Gasteiger partial charge in [0, 0.05) is 69.4 Å². The van der Waals surface area contributed by atoms with E-state index < -0.39 is 0 Å². The number of allylic oxidation sites excluding steroid dienone is 2. The summed E-state index contributed by atoms with van der Waals surface area (Å²) in [5.41, 5.74) is 5.89. The van der Waals surface area contributed by atoms with Crippen LogP contribution in [0.2, 0.25) is 0 Å². The van der Waals surface area contributed by atoms with Gasteiger partial charge in [-0.05, 0) is 79.5 Å². The Hall–Kier alpha value is -3.57. The fourth-order valence-corrected chi connectivity index (χ4v) is 8.18. The predicted molar refractivity (Wildman–Crippen MR) is 232 cm³/mol. The molecule has 3 heterocycles. The van der Waals surface area contributed by atoms with Crippen LogP contribution in [0.4, 0.5) is 0 Å². The molecular weight excluding hydrogens is 875 g/mol. The van der Waals surface area contributed by atoms with E-state index in [1.165, 1.54) is 37.6 Å². The van der Waals surface area contributed by atoms with E-state index in [-0.39, 0.29) is 47.9 Å². The van der Waals surface area contributed by atoms with Crippen LogP contribution in [0.15, 0.2) is 83.1 Å². The molecule has 3 aromatic carbocycles. The molecule has 6 heteroatoms. The first-order chi connectivity index (χ1) is 25.5. The molecule has 1 N–H and O–H groups in total. The molecule has 0 aliphatic rings. The van der Waals surface area contributed by atoms with Gasteiger partial charge in [-0.1, -0.05) is 117 Å². The van der Waals surface area contributed by atoms with Gasteiger partial charge in [0.2, 0.25) is 0 Å². The molecule has 0 aliphatic carbocycles. The Morgan fingerprint density at radius 1 is 0.891 bits per heavy atom. The number of aromatic nitrogens is 1. The van der Waals surface area contributed by atoms with E-state index in [4.69, 9.17) is 9.40 Å². The molecule has 0 bridgehead atoms. The van der Waals surface area contributed by atoms with Gasteiger partial charge >= 0.3 is 0 Å². The number of pyridine rings is 1. The second-order valence-electron chi connectivity index (χ2n) is 17.0. The zero-order chi connectivity index (χ0) is 39.6. The first-order valence-electron chi connectivity index (χ1n) is 19.8. The molecule has 0 saturated heterocycles. The number of benzene rings is 3. The van der Waals surface area contributed by atoms with Crippen molar-refractivity contribution in [2.75, 3.05) is 0 Å². The van der Waals surface area contributed by atoms with Gasteiger partial charge in [-0.2, -0.15) is 0 Å². The maximum absolute atomic E-state index is 12.2. The van der Waals surface area contributed by atoms with Crippen LogP contribution in [0.25, 0.3) is 54.4 Å². The molecule has 0 spiro atoms. The number of hydrogen-bond donors (Lipinski definition) is 1. The SMILES string of the molecule is CCC(C)(CC)C(=O)/C=C(\O)C(C)(CC)CC.Cc1sc2cc(-c3cc4ccnc(-c5[c-]c6ccccc6c(C(C)(C)C)c5)c4o3)ccc2c1CC(C)C.[Ir]. The summed E-state index contributed by atoms with van der Waals surface area (Å²) in [5.74, 6) is 1.80. The summed E-state index contributed by atoms with van der Waals surface area (Å²) in [6.07, 6.45) is 7.74. The molecule has 1 radical (unpaired) electrons. The second-order valence-corrected chi connectivity index (χ2v) is 18.2. The molecular formula is C49H60IrNO3S-. The standard InChI is InChI=1S/C34H32NOS.C15H28O2.Ir/c1-20(2)15-28-21(3)37-31-19-23(11-12-27(28)31)30-18-24-13-14-35-32(33(24)36-30)25-16-22-9-7-8-10-26(22)29(17-25)34(4,5)6;1-7-14(5,8-2)12(16)11-13(17)15(6,9-3)10-4;/h7-14,17-20H,15H2,1-6H3;11,16H,7-10H2,1-6H3;/q-1;;/b;12-11-;. The number of hydrogen-bond acceptors (Lipinski definition) is 5. The van der Waals surface area contributed by atoms with E-state index in [0.29, 0.717) is 5.92 Å². The van der Waals surface area contributed by atoms with Crippen molar-refractivity contribution in [3.05, 3.63) is 101 Å². The normalized spacial score (nSPS) is 12.6. The first kappa shape index (κ1) is 44.1. The Morgan fingerprint density at radius 3 is 2.16 bits per heavy atom. The molecule has 0 aliphatic heterocycles. The van der Waals surface area contributed by atoms with Crippen molar-refractivity contribution >= 4 is 48.9 Å². The van der Waals surface area contributed by atoms with Crippen molar-refractivity contribution < 1.29 is 34.4 Å². The monoisotopic (exact) mass is 935 g/mol. The molecule has 3 aromatic heterocycles. The molecule has 0 saturated carbocycles. The van der Waals surface area contributed by atoms with Gasteiger partial charge in [0.05, 0.1) is 0 Å². The van der Waals surface area contributed by atoms with Crippen molar-refractivity contribution in [1.82, 2.24) is 4.98 Å². The second kappa shape index (κ2) is 17.7. The smallest absolute Gasteiger partial charge is 0.164 e. The zero-order valence-corrected chi connectivity index (χ0v) is 38.2. The Labute approximate surface area is 347 Å². The zero-order valence-electron chi connectivity index (χ0n) is 35.0. The predicted octanol–water partition coefficient (Wildman–Crippen LogP) is 14.8. The number of aliphatic hydroxyl groups is 1. The van der Waals surface area contributed by atoms with E-state index in [2.05, 4.69) is 102 Å². The number of rotatable bonds is 11. The van der Waals surface area contributed by atoms with Crippen molar-refractivity contribution in [3.63, 3.8) is 0 Å². The number of furan rings is 1. The number of nitrogens with zero attached hydrogens (tertiary/aromatic N) is 1. The van der Waals surface area contributed by atoms with Crippen LogP contribution in [0, 0.1) is 29.7 Å². The molecule has 0 amide bonds. The third-order valence-electron chi connectivity index (χ3n) is 11.8. The molecule has 4 nitrogen and oxygen atoms in total. The number of thiophene rings is 1. The van der Waals surface area contributed by atoms with Crippen molar-refractivity contribution in [2.24, 2.45) is 16.7 Å². The van der Waals surface area contributed by atoms with Gasteiger partial charge in [-0.15, -0.1) is 40.5 Å². The largest absolute Gasteiger partial charge is 0.512 e. The van der Waals surface area contributed by atoms with Crippen LogP contribution < -0.4 is 0 Å². The molecule has 0 unspecified atom stereocenters. The average molecular weight is 935 g/mol. The fourth-order valence-electron chi connectivity index (χ4n) is 7.05. The molecule has 6 rings (SSSR count).